The number of fused-ring (bicyclic) bond motifs is 2. The fourth-order valence-electron chi connectivity index (χ4n) is 4.51. The van der Waals surface area contributed by atoms with E-state index in [1.165, 1.54) is 25.1 Å². The molecule has 2 heterocycles. The number of benzene rings is 4. The number of halogens is 2. The first-order valence-corrected chi connectivity index (χ1v) is 13.6. The van der Waals surface area contributed by atoms with Crippen LogP contribution in [0.5, 0.6) is 17.2 Å². The first-order valence-electron chi connectivity index (χ1n) is 12.8. The van der Waals surface area contributed by atoms with Crippen molar-refractivity contribution in [2.24, 2.45) is 5.10 Å². The van der Waals surface area contributed by atoms with Crippen molar-refractivity contribution in [3.8, 4) is 28.8 Å². The Morgan fingerprint density at radius 1 is 0.929 bits per heavy atom. The van der Waals surface area contributed by atoms with E-state index in [1.807, 2.05) is 36.4 Å². The quantitative estimate of drug-likeness (QED) is 0.167. The maximum absolute atomic E-state index is 13.6. The van der Waals surface area contributed by atoms with Gasteiger partial charge in [0.15, 0.2) is 17.3 Å². The number of ether oxygens (including phenoxy) is 3. The average Bonchev–Trinajstić information content (AvgIpc) is 3.44. The summed E-state index contributed by atoms with van der Waals surface area (Å²) in [4.78, 5) is 18.3. The van der Waals surface area contributed by atoms with Crippen LogP contribution >= 0.6 is 23.2 Å². The molecule has 2 aromatic heterocycles. The molecule has 10 heteroatoms. The van der Waals surface area contributed by atoms with Crippen molar-refractivity contribution in [2.45, 2.75) is 6.61 Å². The summed E-state index contributed by atoms with van der Waals surface area (Å²) in [6, 6.07) is 25.2. The molecule has 4 aromatic carbocycles. The van der Waals surface area contributed by atoms with Crippen molar-refractivity contribution in [1.82, 2.24) is 9.66 Å². The SMILES string of the molecule is COc1cc(C=Nn2c(-c3cc4ccccc4o3)nc3ccccc3c2=O)cc(OC)c1OCc1ccc(Cl)cc1Cl. The number of rotatable bonds is 8. The summed E-state index contributed by atoms with van der Waals surface area (Å²) >= 11 is 12.3. The van der Waals surface area contributed by atoms with Gasteiger partial charge in [0, 0.05) is 26.6 Å². The summed E-state index contributed by atoms with van der Waals surface area (Å²) in [5.41, 5.74) is 2.21. The highest BCUT2D eigenvalue weighted by atomic mass is 35.5. The van der Waals surface area contributed by atoms with Crippen LogP contribution in [0.25, 0.3) is 33.5 Å². The lowest BCUT2D eigenvalue weighted by atomic mass is 10.2. The average molecular weight is 600 g/mol. The molecule has 8 nitrogen and oxygen atoms in total. The molecule has 0 fully saturated rings. The number of methoxy groups -OCH3 is 2. The van der Waals surface area contributed by atoms with Crippen LogP contribution in [0.15, 0.2) is 99.2 Å². The van der Waals surface area contributed by atoms with Crippen LogP contribution in [0.2, 0.25) is 10.0 Å². The Labute approximate surface area is 250 Å². The van der Waals surface area contributed by atoms with Gasteiger partial charge in [-0.05, 0) is 48.5 Å². The highest BCUT2D eigenvalue weighted by Crippen LogP contribution is 2.39. The molecule has 210 valence electrons. The molecule has 0 atom stereocenters. The Bertz CT molecular complexity index is 1980. The number of furan rings is 1. The molecule has 0 N–H and O–H groups in total. The molecule has 0 aliphatic carbocycles. The van der Waals surface area contributed by atoms with Gasteiger partial charge < -0.3 is 18.6 Å². The minimum absolute atomic E-state index is 0.162. The Morgan fingerprint density at radius 3 is 2.40 bits per heavy atom. The van der Waals surface area contributed by atoms with Gasteiger partial charge in [-0.1, -0.05) is 59.6 Å². The smallest absolute Gasteiger partial charge is 0.282 e. The number of aromatic nitrogens is 2. The van der Waals surface area contributed by atoms with E-state index in [2.05, 4.69) is 5.10 Å². The molecule has 0 radical (unpaired) electrons. The van der Waals surface area contributed by atoms with Gasteiger partial charge in [-0.2, -0.15) is 9.78 Å². The molecule has 0 spiro atoms. The predicted octanol–water partition coefficient (Wildman–Crippen LogP) is 7.59. The van der Waals surface area contributed by atoms with Crippen LogP contribution in [0.4, 0.5) is 0 Å². The maximum atomic E-state index is 13.6. The highest BCUT2D eigenvalue weighted by molar-refractivity contribution is 6.35. The second-order valence-corrected chi connectivity index (χ2v) is 10.1. The molecule has 0 saturated carbocycles. The summed E-state index contributed by atoms with van der Waals surface area (Å²) < 4.78 is 24.5. The number of hydrogen-bond acceptors (Lipinski definition) is 7. The van der Waals surface area contributed by atoms with Crippen LogP contribution in [0.3, 0.4) is 0 Å². The molecule has 0 unspecified atom stereocenters. The van der Waals surface area contributed by atoms with Crippen molar-refractivity contribution in [3.05, 3.63) is 116 Å². The first-order chi connectivity index (χ1) is 20.4. The van der Waals surface area contributed by atoms with Gasteiger partial charge in [-0.25, -0.2) is 4.98 Å². The third kappa shape index (κ3) is 5.30. The number of hydrogen-bond donors (Lipinski definition) is 0. The Hall–Kier alpha value is -4.79. The van der Waals surface area contributed by atoms with E-state index in [1.54, 1.807) is 48.5 Å². The third-order valence-electron chi connectivity index (χ3n) is 6.59. The summed E-state index contributed by atoms with van der Waals surface area (Å²) in [7, 11) is 3.05. The lowest BCUT2D eigenvalue weighted by molar-refractivity contribution is 0.266. The number of para-hydroxylation sites is 2. The van der Waals surface area contributed by atoms with Crippen LogP contribution < -0.4 is 19.8 Å². The highest BCUT2D eigenvalue weighted by Gasteiger charge is 2.18. The molecule has 0 aliphatic rings. The monoisotopic (exact) mass is 599 g/mol. The number of nitrogens with zero attached hydrogens (tertiary/aromatic N) is 3. The van der Waals surface area contributed by atoms with E-state index in [0.717, 1.165) is 10.9 Å². The van der Waals surface area contributed by atoms with Gasteiger partial charge in [0.25, 0.3) is 5.56 Å². The molecule has 6 aromatic rings. The lowest BCUT2D eigenvalue weighted by Gasteiger charge is -2.16. The predicted molar refractivity (Wildman–Crippen MR) is 165 cm³/mol. The Balaban J connectivity index is 1.40. The van der Waals surface area contributed by atoms with Gasteiger partial charge in [0.2, 0.25) is 11.6 Å². The normalized spacial score (nSPS) is 11.4. The molecular formula is C32H23Cl2N3O5. The van der Waals surface area contributed by atoms with Crippen molar-refractivity contribution in [3.63, 3.8) is 0 Å². The Morgan fingerprint density at radius 2 is 1.67 bits per heavy atom. The van der Waals surface area contributed by atoms with Gasteiger partial charge in [0.05, 0.1) is 31.3 Å². The second kappa shape index (κ2) is 11.6. The van der Waals surface area contributed by atoms with Crippen molar-refractivity contribution >= 4 is 51.3 Å². The summed E-state index contributed by atoms with van der Waals surface area (Å²) in [5, 5.41) is 6.87. The molecule has 42 heavy (non-hydrogen) atoms. The fraction of sp³-hybridized carbons (Fsp3) is 0.0938. The zero-order valence-electron chi connectivity index (χ0n) is 22.5. The standard InChI is InChI=1S/C32H23Cl2N3O5/c1-39-27-13-19(14-28(40-2)30(27)41-18-21-11-12-22(33)16-24(21)34)17-35-37-31(29-15-20-7-3-6-10-26(20)42-29)36-25-9-5-4-8-23(25)32(37)38/h3-17H,18H2,1-2H3. The summed E-state index contributed by atoms with van der Waals surface area (Å²) in [5.74, 6) is 1.88. The minimum atomic E-state index is -0.342. The van der Waals surface area contributed by atoms with E-state index >= 15 is 0 Å². The third-order valence-corrected chi connectivity index (χ3v) is 7.18. The zero-order valence-corrected chi connectivity index (χ0v) is 24.0. The van der Waals surface area contributed by atoms with Crippen LogP contribution in [0, 0.1) is 0 Å². The van der Waals surface area contributed by atoms with Crippen LogP contribution in [-0.4, -0.2) is 30.1 Å². The molecular weight excluding hydrogens is 577 g/mol. The molecule has 0 saturated heterocycles. The van der Waals surface area contributed by atoms with Gasteiger partial charge >= 0.3 is 0 Å². The van der Waals surface area contributed by atoms with Gasteiger partial charge in [0.1, 0.15) is 12.2 Å². The molecule has 0 aliphatic heterocycles. The zero-order chi connectivity index (χ0) is 29.2. The molecule has 0 amide bonds. The van der Waals surface area contributed by atoms with E-state index in [0.29, 0.717) is 55.1 Å². The van der Waals surface area contributed by atoms with E-state index in [9.17, 15) is 4.79 Å². The van der Waals surface area contributed by atoms with Gasteiger partial charge in [-0.3, -0.25) is 4.79 Å². The second-order valence-electron chi connectivity index (χ2n) is 9.24. The fourth-order valence-corrected chi connectivity index (χ4v) is 4.98. The topological polar surface area (TPSA) is 88.1 Å². The van der Waals surface area contributed by atoms with Crippen molar-refractivity contribution in [2.75, 3.05) is 14.2 Å². The van der Waals surface area contributed by atoms with E-state index < -0.39 is 0 Å². The first kappa shape index (κ1) is 27.4. The van der Waals surface area contributed by atoms with Crippen LogP contribution in [-0.2, 0) is 6.61 Å². The van der Waals surface area contributed by atoms with Gasteiger partial charge in [-0.15, -0.1) is 0 Å². The van der Waals surface area contributed by atoms with Crippen molar-refractivity contribution < 1.29 is 18.6 Å². The van der Waals surface area contributed by atoms with E-state index in [4.69, 9.17) is 46.8 Å². The minimum Gasteiger partial charge on any atom is -0.493 e. The molecule has 6 rings (SSSR count). The van der Waals surface area contributed by atoms with Crippen LogP contribution in [0.1, 0.15) is 11.1 Å². The summed E-state index contributed by atoms with van der Waals surface area (Å²) in [6.07, 6.45) is 1.52. The van der Waals surface area contributed by atoms with Crippen molar-refractivity contribution in [1.29, 1.82) is 0 Å². The largest absolute Gasteiger partial charge is 0.493 e. The Kier molecular flexibility index (Phi) is 7.56. The van der Waals surface area contributed by atoms with E-state index in [-0.39, 0.29) is 18.0 Å². The summed E-state index contributed by atoms with van der Waals surface area (Å²) in [6.45, 7) is 0.162. The lowest BCUT2D eigenvalue weighted by Crippen LogP contribution is -2.20. The maximum Gasteiger partial charge on any atom is 0.282 e. The molecule has 0 bridgehead atoms.